The van der Waals surface area contributed by atoms with E-state index in [9.17, 15) is 4.79 Å². The topological polar surface area (TPSA) is 65.2 Å². The molecular weight excluding hydrogens is 438 g/mol. The lowest BCUT2D eigenvalue weighted by atomic mass is 9.69. The van der Waals surface area contributed by atoms with E-state index in [0.717, 1.165) is 73.8 Å². The zero-order valence-electron chi connectivity index (χ0n) is 20.3. The van der Waals surface area contributed by atoms with Crippen molar-refractivity contribution in [2.75, 3.05) is 19.6 Å². The maximum atomic E-state index is 13.8. The number of piperidine rings is 3. The maximum Gasteiger partial charge on any atom is 0.317 e. The number of hydrogen-bond acceptors (Lipinski definition) is 5. The van der Waals surface area contributed by atoms with Gasteiger partial charge in [0.1, 0.15) is 6.54 Å². The third-order valence-electron chi connectivity index (χ3n) is 8.68. The number of nitrogens with zero attached hydrogens (tertiary/aromatic N) is 3. The van der Waals surface area contributed by atoms with Crippen LogP contribution in [0.1, 0.15) is 56.4 Å². The SMILES string of the molecule is O=C(OC1C[N+]2(Cc3nnc(-c4ccccc4)o3)CCC1CC2)C1(c2ccccc2)CCCCC1. The summed E-state index contributed by atoms with van der Waals surface area (Å²) in [5.41, 5.74) is 1.57. The molecular formula is C29H34N3O3+. The lowest BCUT2D eigenvalue weighted by molar-refractivity contribution is -0.959. The summed E-state index contributed by atoms with van der Waals surface area (Å²) in [6.45, 7) is 3.69. The fourth-order valence-corrected chi connectivity index (χ4v) is 6.65. The number of benzene rings is 2. The molecule has 3 saturated heterocycles. The van der Waals surface area contributed by atoms with Crippen LogP contribution < -0.4 is 0 Å². The van der Waals surface area contributed by atoms with Gasteiger partial charge in [-0.25, -0.2) is 0 Å². The van der Waals surface area contributed by atoms with Crippen LogP contribution in [-0.4, -0.2) is 46.4 Å². The van der Waals surface area contributed by atoms with Gasteiger partial charge in [-0.2, -0.15) is 0 Å². The Morgan fingerprint density at radius 3 is 2.34 bits per heavy atom. The van der Waals surface area contributed by atoms with E-state index in [0.29, 0.717) is 24.2 Å². The first-order valence-electron chi connectivity index (χ1n) is 13.2. The predicted molar refractivity (Wildman–Crippen MR) is 132 cm³/mol. The number of esters is 1. The summed E-state index contributed by atoms with van der Waals surface area (Å²) >= 11 is 0. The molecule has 6 heteroatoms. The summed E-state index contributed by atoms with van der Waals surface area (Å²) in [7, 11) is 0. The molecule has 182 valence electrons. The molecule has 3 aliphatic heterocycles. The number of ether oxygens (including phenoxy) is 1. The number of carbonyl (C=O) groups excluding carboxylic acids is 1. The second-order valence-corrected chi connectivity index (χ2v) is 10.8. The number of quaternary nitrogens is 1. The van der Waals surface area contributed by atoms with Crippen LogP contribution in [0.15, 0.2) is 65.1 Å². The largest absolute Gasteiger partial charge is 0.455 e. The van der Waals surface area contributed by atoms with Gasteiger partial charge in [0.05, 0.1) is 18.5 Å². The molecule has 4 heterocycles. The zero-order chi connectivity index (χ0) is 23.7. The Labute approximate surface area is 206 Å². The van der Waals surface area contributed by atoms with E-state index < -0.39 is 5.41 Å². The highest BCUT2D eigenvalue weighted by molar-refractivity contribution is 5.83. The summed E-state index contributed by atoms with van der Waals surface area (Å²) in [6.07, 6.45) is 7.26. The fraction of sp³-hybridized carbons (Fsp3) is 0.483. The molecule has 7 rings (SSSR count). The standard InChI is InChI=1S/C29H34N3O3/c33-28(29(16-8-3-9-17-29)24-12-6-2-7-13-24)34-25-20-32(18-14-22(25)15-19-32)21-26-30-31-27(35-26)23-10-4-1-5-11-23/h1-2,4-7,10-13,22,25H,3,8-9,14-21H2/q+1. The van der Waals surface area contributed by atoms with Gasteiger partial charge in [-0.15, -0.1) is 10.2 Å². The number of carbonyl (C=O) groups is 1. The van der Waals surface area contributed by atoms with Crippen molar-refractivity contribution in [3.8, 4) is 11.5 Å². The molecule has 6 nitrogen and oxygen atoms in total. The highest BCUT2D eigenvalue weighted by atomic mass is 16.5. The molecule has 4 aliphatic rings. The molecule has 2 bridgehead atoms. The lowest BCUT2D eigenvalue weighted by Gasteiger charge is -2.52. The van der Waals surface area contributed by atoms with E-state index in [2.05, 4.69) is 22.3 Å². The van der Waals surface area contributed by atoms with Crippen LogP contribution in [0.2, 0.25) is 0 Å². The highest BCUT2D eigenvalue weighted by Gasteiger charge is 2.51. The second kappa shape index (κ2) is 9.23. The summed E-state index contributed by atoms with van der Waals surface area (Å²) in [5.74, 6) is 1.68. The molecule has 0 N–H and O–H groups in total. The summed E-state index contributed by atoms with van der Waals surface area (Å²) in [5, 5.41) is 8.66. The van der Waals surface area contributed by atoms with Gasteiger partial charge in [-0.05, 0) is 30.5 Å². The molecule has 0 amide bonds. The van der Waals surface area contributed by atoms with E-state index >= 15 is 0 Å². The Morgan fingerprint density at radius 1 is 0.943 bits per heavy atom. The second-order valence-electron chi connectivity index (χ2n) is 10.8. The van der Waals surface area contributed by atoms with Gasteiger partial charge >= 0.3 is 5.97 Å². The molecule has 0 radical (unpaired) electrons. The number of rotatable bonds is 6. The number of hydrogen-bond donors (Lipinski definition) is 0. The molecule has 0 spiro atoms. The van der Waals surface area contributed by atoms with Gasteiger partial charge in [0.2, 0.25) is 5.89 Å². The monoisotopic (exact) mass is 472 g/mol. The van der Waals surface area contributed by atoms with Crippen LogP contribution in [-0.2, 0) is 21.5 Å². The minimum absolute atomic E-state index is 0.00976. The van der Waals surface area contributed by atoms with Crippen LogP contribution in [0.5, 0.6) is 0 Å². The molecule has 1 aliphatic carbocycles. The molecule has 4 fully saturated rings. The zero-order valence-corrected chi connectivity index (χ0v) is 20.3. The van der Waals surface area contributed by atoms with Gasteiger partial charge < -0.3 is 13.6 Å². The average molecular weight is 473 g/mol. The molecule has 1 unspecified atom stereocenters. The van der Waals surface area contributed by atoms with E-state index in [4.69, 9.17) is 9.15 Å². The summed E-state index contributed by atoms with van der Waals surface area (Å²) in [4.78, 5) is 13.8. The van der Waals surface area contributed by atoms with Crippen molar-refractivity contribution in [1.82, 2.24) is 10.2 Å². The van der Waals surface area contributed by atoms with Crippen molar-refractivity contribution < 1.29 is 18.4 Å². The summed E-state index contributed by atoms with van der Waals surface area (Å²) in [6, 6.07) is 20.2. The van der Waals surface area contributed by atoms with E-state index in [1.807, 2.05) is 48.5 Å². The normalized spacial score (nSPS) is 27.4. The third kappa shape index (κ3) is 4.29. The van der Waals surface area contributed by atoms with E-state index in [1.54, 1.807) is 0 Å². The fourth-order valence-electron chi connectivity index (χ4n) is 6.65. The van der Waals surface area contributed by atoms with Crippen LogP contribution in [0, 0.1) is 5.92 Å². The molecule has 35 heavy (non-hydrogen) atoms. The quantitative estimate of drug-likeness (QED) is 0.360. The third-order valence-corrected chi connectivity index (χ3v) is 8.68. The van der Waals surface area contributed by atoms with E-state index in [1.165, 1.54) is 6.42 Å². The Hall–Kier alpha value is -2.99. The first-order valence-corrected chi connectivity index (χ1v) is 13.2. The molecule has 1 aromatic heterocycles. The Balaban J connectivity index is 1.19. The Kier molecular flexibility index (Phi) is 5.93. The number of fused-ring (bicyclic) bond motifs is 3. The van der Waals surface area contributed by atoms with Crippen molar-refractivity contribution in [3.05, 3.63) is 72.1 Å². The van der Waals surface area contributed by atoms with Crippen molar-refractivity contribution >= 4 is 5.97 Å². The van der Waals surface area contributed by atoms with Crippen LogP contribution >= 0.6 is 0 Å². The van der Waals surface area contributed by atoms with Crippen LogP contribution in [0.4, 0.5) is 0 Å². The summed E-state index contributed by atoms with van der Waals surface area (Å²) < 4.78 is 13.4. The molecule has 2 aromatic carbocycles. The Bertz CT molecular complexity index is 1150. The van der Waals surface area contributed by atoms with Crippen molar-refractivity contribution in [2.24, 2.45) is 5.92 Å². The minimum atomic E-state index is -0.493. The first kappa shape index (κ1) is 22.5. The average Bonchev–Trinajstić information content (AvgIpc) is 3.38. The molecule has 3 aromatic rings. The first-order chi connectivity index (χ1) is 17.2. The van der Waals surface area contributed by atoms with Crippen molar-refractivity contribution in [3.63, 3.8) is 0 Å². The van der Waals surface area contributed by atoms with Gasteiger partial charge in [0.15, 0.2) is 12.6 Å². The van der Waals surface area contributed by atoms with Crippen molar-refractivity contribution in [1.29, 1.82) is 0 Å². The van der Waals surface area contributed by atoms with Crippen molar-refractivity contribution in [2.45, 2.75) is 63.0 Å². The van der Waals surface area contributed by atoms with Crippen LogP contribution in [0.3, 0.4) is 0 Å². The lowest BCUT2D eigenvalue weighted by Crippen LogP contribution is -2.64. The maximum absolute atomic E-state index is 13.8. The molecule has 1 saturated carbocycles. The van der Waals surface area contributed by atoms with Gasteiger partial charge in [0, 0.05) is 24.3 Å². The van der Waals surface area contributed by atoms with E-state index in [-0.39, 0.29) is 12.1 Å². The smallest absolute Gasteiger partial charge is 0.317 e. The Morgan fingerprint density at radius 2 is 1.63 bits per heavy atom. The van der Waals surface area contributed by atoms with Gasteiger partial charge in [-0.1, -0.05) is 67.8 Å². The molecule has 1 atom stereocenters. The number of aromatic nitrogens is 2. The van der Waals surface area contributed by atoms with Crippen LogP contribution in [0.25, 0.3) is 11.5 Å². The predicted octanol–water partition coefficient (Wildman–Crippen LogP) is 5.29. The highest BCUT2D eigenvalue weighted by Crippen LogP contribution is 2.43. The van der Waals surface area contributed by atoms with Gasteiger partial charge in [0.25, 0.3) is 5.89 Å². The minimum Gasteiger partial charge on any atom is -0.455 e. The van der Waals surface area contributed by atoms with Gasteiger partial charge in [-0.3, -0.25) is 4.79 Å².